The van der Waals surface area contributed by atoms with Gasteiger partial charge in [0.1, 0.15) is 0 Å². The van der Waals surface area contributed by atoms with Gasteiger partial charge in [0.15, 0.2) is 0 Å². The van der Waals surface area contributed by atoms with Crippen LogP contribution in [0.15, 0.2) is 84.9 Å². The van der Waals surface area contributed by atoms with Gasteiger partial charge >= 0.3 is 0 Å². The molecule has 0 radical (unpaired) electrons. The summed E-state index contributed by atoms with van der Waals surface area (Å²) in [7, 11) is -2.90. The number of aryl methyl sites for hydroxylation is 1. The molecule has 27 heavy (non-hydrogen) atoms. The third kappa shape index (κ3) is 4.15. The lowest BCUT2D eigenvalue weighted by Crippen LogP contribution is -2.65. The van der Waals surface area contributed by atoms with Gasteiger partial charge in [-0.2, -0.15) is 0 Å². The van der Waals surface area contributed by atoms with E-state index < -0.39 is 8.32 Å². The van der Waals surface area contributed by atoms with E-state index in [9.17, 15) is 4.80 Å². The van der Waals surface area contributed by atoms with Gasteiger partial charge in [0.05, 0.1) is 0 Å². The molecule has 3 N–H and O–H groups in total. The minimum absolute atomic E-state index is 0.191. The fourth-order valence-corrected chi connectivity index (χ4v) is 7.69. The molecule has 0 atom stereocenters. The van der Waals surface area contributed by atoms with Gasteiger partial charge in [-0.25, -0.2) is 0 Å². The molecule has 3 aromatic rings. The molecule has 0 unspecified atom stereocenters. The van der Waals surface area contributed by atoms with Gasteiger partial charge in [0, 0.05) is 5.69 Å². The summed E-state index contributed by atoms with van der Waals surface area (Å²) < 4.78 is 0. The number of hydrogen-bond donors (Lipinski definition) is 2. The molecule has 0 bridgehead atoms. The van der Waals surface area contributed by atoms with Crippen LogP contribution in [0.5, 0.6) is 0 Å². The highest BCUT2D eigenvalue weighted by Gasteiger charge is 2.49. The number of hydrogen-bond acceptors (Lipinski definition) is 2. The van der Waals surface area contributed by atoms with Gasteiger partial charge in [-0.05, 0) is 52.4 Å². The predicted molar refractivity (Wildman–Crippen MR) is 118 cm³/mol. The van der Waals surface area contributed by atoms with Crippen molar-refractivity contribution in [3.8, 4) is 0 Å². The molecule has 140 valence electrons. The zero-order valence-electron chi connectivity index (χ0n) is 16.2. The Hall–Kier alpha value is -2.36. The maximum atomic E-state index is 12.1. The van der Waals surface area contributed by atoms with Crippen LogP contribution >= 0.6 is 0 Å². The maximum absolute atomic E-state index is 12.1. The van der Waals surface area contributed by atoms with E-state index in [2.05, 4.69) is 50.2 Å². The summed E-state index contributed by atoms with van der Waals surface area (Å²) in [4.78, 5) is 12.1. The molecular weight excluding hydrogens is 346 g/mol. The second kappa shape index (κ2) is 8.11. The summed E-state index contributed by atoms with van der Waals surface area (Å²) in [6.45, 7) is 4.45. The zero-order valence-corrected chi connectivity index (χ0v) is 17.2. The van der Waals surface area contributed by atoms with Gasteiger partial charge < -0.3 is 10.5 Å². The second-order valence-electron chi connectivity index (χ2n) is 7.92. The van der Waals surface area contributed by atoms with Crippen LogP contribution < -0.4 is 16.1 Å². The van der Waals surface area contributed by atoms with E-state index in [1.807, 2.05) is 48.5 Å². The summed E-state index contributed by atoms with van der Waals surface area (Å²) in [5, 5.41) is 1.96. The lowest BCUT2D eigenvalue weighted by Gasteiger charge is -2.41. The van der Waals surface area contributed by atoms with Gasteiger partial charge in [0.25, 0.3) is 8.32 Å². The largest absolute Gasteiger partial charge is 0.424 e. The molecule has 0 fully saturated rings. The van der Waals surface area contributed by atoms with Crippen molar-refractivity contribution in [2.75, 3.05) is 5.73 Å². The number of nitrogen functional groups attached to an aromatic ring is 1. The van der Waals surface area contributed by atoms with Gasteiger partial charge in [0.2, 0.25) is 0 Å². The molecule has 0 saturated carbocycles. The lowest BCUT2D eigenvalue weighted by molar-refractivity contribution is 0.457. The van der Waals surface area contributed by atoms with E-state index in [-0.39, 0.29) is 5.04 Å². The number of nitrogens with two attached hydrogens (primary N) is 1. The first kappa shape index (κ1) is 19.4. The summed E-state index contributed by atoms with van der Waals surface area (Å²) in [6, 6.07) is 28.6. The maximum Gasteiger partial charge on any atom is 0.258 e. The summed E-state index contributed by atoms with van der Waals surface area (Å²) >= 11 is 0. The Morgan fingerprint density at radius 2 is 1.26 bits per heavy atom. The van der Waals surface area contributed by atoms with Crippen molar-refractivity contribution >= 4 is 24.4 Å². The molecule has 0 aliphatic carbocycles. The third-order valence-electron chi connectivity index (χ3n) is 5.61. The van der Waals surface area contributed by atoms with Crippen molar-refractivity contribution in [2.45, 2.75) is 38.1 Å². The van der Waals surface area contributed by atoms with Crippen molar-refractivity contribution in [3.05, 3.63) is 90.5 Å². The zero-order chi connectivity index (χ0) is 19.3. The standard InChI is InChI=1S/C24H29NOSi/c1-24(2,19-9-10-20-15-17-21(25)18-16-20)27(26,22-11-5-3-6-12-22)23-13-7-4-8-14-23/h3-8,11-18,26H,9-10,19,25H2,1-2H3. The van der Waals surface area contributed by atoms with E-state index in [0.29, 0.717) is 0 Å². The Balaban J connectivity index is 1.85. The quantitative estimate of drug-likeness (QED) is 0.482. The Labute approximate surface area is 163 Å². The highest BCUT2D eigenvalue weighted by Crippen LogP contribution is 2.40. The Bertz CT molecular complexity index is 805. The van der Waals surface area contributed by atoms with Crippen LogP contribution in [0, 0.1) is 0 Å². The predicted octanol–water partition coefficient (Wildman–Crippen LogP) is 4.12. The van der Waals surface area contributed by atoms with Gasteiger partial charge in [-0.15, -0.1) is 0 Å². The minimum atomic E-state index is -2.90. The molecule has 0 aliphatic heterocycles. The minimum Gasteiger partial charge on any atom is -0.424 e. The molecule has 0 aliphatic rings. The third-order valence-corrected chi connectivity index (χ3v) is 10.2. The molecular formula is C24H29NOSi. The van der Waals surface area contributed by atoms with Crippen LogP contribution in [-0.4, -0.2) is 13.1 Å². The first-order valence-corrected chi connectivity index (χ1v) is 11.6. The van der Waals surface area contributed by atoms with Crippen LogP contribution in [-0.2, 0) is 6.42 Å². The molecule has 3 rings (SSSR count). The van der Waals surface area contributed by atoms with Crippen molar-refractivity contribution in [3.63, 3.8) is 0 Å². The number of anilines is 1. The van der Waals surface area contributed by atoms with Crippen LogP contribution in [0.4, 0.5) is 5.69 Å². The average Bonchev–Trinajstić information content (AvgIpc) is 2.70. The van der Waals surface area contributed by atoms with E-state index in [4.69, 9.17) is 5.73 Å². The topological polar surface area (TPSA) is 46.2 Å². The van der Waals surface area contributed by atoms with Crippen molar-refractivity contribution in [1.29, 1.82) is 0 Å². The summed E-state index contributed by atoms with van der Waals surface area (Å²) in [5.74, 6) is 0. The molecule has 0 aromatic heterocycles. The number of benzene rings is 3. The van der Waals surface area contributed by atoms with Crippen LogP contribution in [0.3, 0.4) is 0 Å². The van der Waals surface area contributed by atoms with E-state index in [1.165, 1.54) is 5.56 Å². The van der Waals surface area contributed by atoms with E-state index >= 15 is 0 Å². The first-order chi connectivity index (χ1) is 12.9. The number of rotatable bonds is 7. The Morgan fingerprint density at radius 3 is 1.74 bits per heavy atom. The molecule has 2 nitrogen and oxygen atoms in total. The fourth-order valence-electron chi connectivity index (χ4n) is 3.91. The van der Waals surface area contributed by atoms with Crippen LogP contribution in [0.1, 0.15) is 32.3 Å². The first-order valence-electron chi connectivity index (χ1n) is 9.61. The molecule has 0 saturated heterocycles. The molecule has 3 aromatic carbocycles. The smallest absolute Gasteiger partial charge is 0.258 e. The van der Waals surface area contributed by atoms with Crippen molar-refractivity contribution < 1.29 is 4.80 Å². The Kier molecular flexibility index (Phi) is 5.83. The van der Waals surface area contributed by atoms with E-state index in [1.54, 1.807) is 0 Å². The molecule has 0 spiro atoms. The van der Waals surface area contributed by atoms with Gasteiger partial charge in [-0.1, -0.05) is 86.6 Å². The molecule has 0 amide bonds. The highest BCUT2D eigenvalue weighted by molar-refractivity contribution is 6.98. The monoisotopic (exact) mass is 375 g/mol. The normalized spacial score (nSPS) is 12.1. The van der Waals surface area contributed by atoms with E-state index in [0.717, 1.165) is 35.3 Å². The molecule has 0 heterocycles. The Morgan fingerprint density at radius 1 is 0.778 bits per heavy atom. The molecule has 3 heteroatoms. The van der Waals surface area contributed by atoms with Crippen molar-refractivity contribution in [1.82, 2.24) is 0 Å². The summed E-state index contributed by atoms with van der Waals surface area (Å²) in [6.07, 6.45) is 2.99. The highest BCUT2D eigenvalue weighted by atomic mass is 28.4. The summed E-state index contributed by atoms with van der Waals surface area (Å²) in [5.41, 5.74) is 7.88. The van der Waals surface area contributed by atoms with Gasteiger partial charge in [-0.3, -0.25) is 0 Å². The SMILES string of the molecule is CC(C)(CCCc1ccc(N)cc1)[Si](O)(c1ccccc1)c1ccccc1. The fraction of sp³-hybridized carbons (Fsp3) is 0.250. The van der Waals surface area contributed by atoms with Crippen LogP contribution in [0.25, 0.3) is 0 Å². The van der Waals surface area contributed by atoms with Crippen LogP contribution in [0.2, 0.25) is 5.04 Å². The average molecular weight is 376 g/mol. The van der Waals surface area contributed by atoms with Crippen molar-refractivity contribution in [2.24, 2.45) is 0 Å². The second-order valence-corrected chi connectivity index (χ2v) is 11.9. The lowest BCUT2D eigenvalue weighted by atomic mass is 10.0.